The largest absolute Gasteiger partial charge is 0.459 e. The van der Waals surface area contributed by atoms with Crippen molar-refractivity contribution in [1.29, 1.82) is 0 Å². The van der Waals surface area contributed by atoms with Crippen LogP contribution in [0.5, 0.6) is 17.2 Å². The average molecular weight is 817 g/mol. The van der Waals surface area contributed by atoms with Crippen LogP contribution in [0.2, 0.25) is 0 Å². The fourth-order valence-corrected chi connectivity index (χ4v) is 10.2. The predicted molar refractivity (Wildman–Crippen MR) is 225 cm³/mol. The van der Waals surface area contributed by atoms with E-state index in [0.717, 1.165) is 68.1 Å². The van der Waals surface area contributed by atoms with Gasteiger partial charge in [-0.05, 0) is 85.8 Å². The van der Waals surface area contributed by atoms with Crippen LogP contribution in [0.15, 0.2) is 71.9 Å². The summed E-state index contributed by atoms with van der Waals surface area (Å²) in [6.45, 7) is 4.89. The summed E-state index contributed by atoms with van der Waals surface area (Å²) < 4.78 is 26.6. The summed E-state index contributed by atoms with van der Waals surface area (Å²) in [5, 5.41) is 34.0. The van der Waals surface area contributed by atoms with E-state index in [1.54, 1.807) is 31.4 Å². The Balaban J connectivity index is 1.53. The van der Waals surface area contributed by atoms with E-state index in [1.165, 1.54) is 12.8 Å². The Morgan fingerprint density at radius 3 is 2.49 bits per heavy atom. The van der Waals surface area contributed by atoms with Crippen LogP contribution >= 0.6 is 0 Å². The van der Waals surface area contributed by atoms with Gasteiger partial charge in [0.25, 0.3) is 0 Å². The van der Waals surface area contributed by atoms with E-state index in [2.05, 4.69) is 17.8 Å². The molecular formula is C47H64N2O10. The Labute approximate surface area is 349 Å². The molecule has 1 amide bonds. The van der Waals surface area contributed by atoms with Gasteiger partial charge in [-0.1, -0.05) is 68.0 Å². The molecule has 2 aromatic carbocycles. The average Bonchev–Trinajstić information content (AvgIpc) is 3.78. The summed E-state index contributed by atoms with van der Waals surface area (Å²) in [5.41, 5.74) is 3.12. The molecule has 0 bridgehead atoms. The number of aliphatic hydroxyl groups is 3. The molecule has 59 heavy (non-hydrogen) atoms. The fourth-order valence-electron chi connectivity index (χ4n) is 10.2. The number of ether oxygens (including phenoxy) is 4. The zero-order valence-electron chi connectivity index (χ0n) is 34.7. The number of amides is 1. The number of hydrogen-bond acceptors (Lipinski definition) is 11. The number of rotatable bonds is 24. The topological polar surface area (TPSA) is 157 Å². The minimum Gasteiger partial charge on any atom is -0.459 e. The molecule has 0 aromatic heterocycles. The van der Waals surface area contributed by atoms with Crippen molar-refractivity contribution in [2.24, 2.45) is 28.8 Å². The van der Waals surface area contributed by atoms with Crippen LogP contribution in [-0.2, 0) is 19.1 Å². The van der Waals surface area contributed by atoms with E-state index in [4.69, 9.17) is 23.8 Å². The molecule has 12 heteroatoms. The molecule has 1 heterocycles. The maximum absolute atomic E-state index is 14.7. The first-order valence-corrected chi connectivity index (χ1v) is 21.7. The van der Waals surface area contributed by atoms with Gasteiger partial charge in [0, 0.05) is 49.6 Å². The fraction of sp³-hybridized carbons (Fsp3) is 0.596. The van der Waals surface area contributed by atoms with Gasteiger partial charge in [0.2, 0.25) is 11.7 Å². The molecule has 0 saturated heterocycles. The number of carbonyl (C=O) groups is 2. The Bertz CT molecular complexity index is 1760. The van der Waals surface area contributed by atoms with Crippen molar-refractivity contribution in [3.63, 3.8) is 0 Å². The molecule has 322 valence electrons. The summed E-state index contributed by atoms with van der Waals surface area (Å²) in [6, 6.07) is 12.2. The molecule has 2 aromatic rings. The molecule has 0 radical (unpaired) electrons. The summed E-state index contributed by atoms with van der Waals surface area (Å²) in [5.74, 6) is 0.346. The number of unbranched alkanes of at least 4 members (excludes halogenated alkanes) is 2. The molecule has 3 aliphatic carbocycles. The van der Waals surface area contributed by atoms with Crippen LogP contribution in [0.4, 0.5) is 0 Å². The van der Waals surface area contributed by atoms with Crippen molar-refractivity contribution in [3.05, 3.63) is 77.9 Å². The number of carbonyl (C=O) groups excluding carboxylic acids is 2. The van der Waals surface area contributed by atoms with Crippen molar-refractivity contribution in [2.45, 2.75) is 101 Å². The van der Waals surface area contributed by atoms with Gasteiger partial charge < -0.3 is 44.0 Å². The van der Waals surface area contributed by atoms with Gasteiger partial charge in [0.15, 0.2) is 0 Å². The molecule has 3 N–H and O–H groups in total. The van der Waals surface area contributed by atoms with Gasteiger partial charge in [-0.3, -0.25) is 9.59 Å². The van der Waals surface area contributed by atoms with Gasteiger partial charge in [-0.15, -0.1) is 6.58 Å². The highest BCUT2D eigenvalue weighted by atomic mass is 16.7. The highest BCUT2D eigenvalue weighted by Gasteiger charge is 2.65. The highest BCUT2D eigenvalue weighted by molar-refractivity contribution is 6.03. The Kier molecular flexibility index (Phi) is 16.6. The first-order valence-electron chi connectivity index (χ1n) is 21.7. The Morgan fingerprint density at radius 1 is 0.983 bits per heavy atom. The van der Waals surface area contributed by atoms with Crippen molar-refractivity contribution >= 4 is 17.9 Å². The number of nitrogens with zero attached hydrogens (tertiary/aromatic N) is 2. The van der Waals surface area contributed by atoms with Crippen LogP contribution in [0.25, 0.3) is 0 Å². The number of allylic oxidation sites excluding steroid dienone is 1. The summed E-state index contributed by atoms with van der Waals surface area (Å²) in [4.78, 5) is 33.8. The summed E-state index contributed by atoms with van der Waals surface area (Å²) >= 11 is 0. The number of benzene rings is 2. The van der Waals surface area contributed by atoms with Gasteiger partial charge >= 0.3 is 0 Å². The lowest BCUT2D eigenvalue weighted by atomic mass is 9.55. The molecular weight excluding hydrogens is 753 g/mol. The number of aliphatic hydroxyl groups excluding tert-OH is 3. The highest BCUT2D eigenvalue weighted by Crippen LogP contribution is 2.62. The van der Waals surface area contributed by atoms with E-state index < -0.39 is 17.7 Å². The Morgan fingerprint density at radius 2 is 1.76 bits per heavy atom. The van der Waals surface area contributed by atoms with Gasteiger partial charge in [0.1, 0.15) is 36.7 Å². The predicted octanol–water partition coefficient (Wildman–Crippen LogP) is 7.36. The third-order valence-corrected chi connectivity index (χ3v) is 12.7. The molecule has 6 rings (SSSR count). The second kappa shape index (κ2) is 22.0. The van der Waals surface area contributed by atoms with E-state index in [0.29, 0.717) is 54.4 Å². The van der Waals surface area contributed by atoms with Gasteiger partial charge in [0.05, 0.1) is 38.1 Å². The molecule has 2 saturated carbocycles. The molecule has 12 nitrogen and oxygen atoms in total. The lowest BCUT2D eigenvalue weighted by Crippen LogP contribution is -2.70. The first kappa shape index (κ1) is 44.5. The molecule has 6 atom stereocenters. The van der Waals surface area contributed by atoms with Crippen LogP contribution in [0, 0.1) is 23.7 Å². The summed E-state index contributed by atoms with van der Waals surface area (Å²) in [6.07, 6.45) is 15.6. The second-order valence-electron chi connectivity index (χ2n) is 16.4. The third kappa shape index (κ3) is 10.5. The van der Waals surface area contributed by atoms with Crippen LogP contribution in [0.3, 0.4) is 0 Å². The van der Waals surface area contributed by atoms with E-state index in [9.17, 15) is 24.9 Å². The minimum atomic E-state index is -1.38. The van der Waals surface area contributed by atoms with Crippen molar-refractivity contribution < 1.29 is 48.7 Å². The Hall–Kier alpha value is -4.07. The lowest BCUT2D eigenvalue weighted by molar-refractivity contribution is -0.258. The zero-order valence-corrected chi connectivity index (χ0v) is 34.7. The summed E-state index contributed by atoms with van der Waals surface area (Å²) in [7, 11) is 1.54. The zero-order chi connectivity index (χ0) is 41.6. The number of oxime groups is 1. The lowest BCUT2D eigenvalue weighted by Gasteiger charge is -2.60. The molecule has 2 fully saturated rings. The molecule has 0 spiro atoms. The van der Waals surface area contributed by atoms with Crippen LogP contribution in [-0.4, -0.2) is 103 Å². The second-order valence-corrected chi connectivity index (χ2v) is 16.4. The van der Waals surface area contributed by atoms with Gasteiger partial charge in [-0.25, -0.2) is 0 Å². The quantitative estimate of drug-likeness (QED) is 0.0424. The molecule has 0 unspecified atom stereocenters. The number of aldehydes is 1. The molecule has 4 aliphatic rings. The molecule has 1 aliphatic heterocycles. The van der Waals surface area contributed by atoms with Gasteiger partial charge in [-0.2, -0.15) is 0 Å². The van der Waals surface area contributed by atoms with E-state index >= 15 is 0 Å². The SMILES string of the molecule is C=CCO[C@@]12Oc3ccc(Oc4cccc(C=O)c4)cc3[C@H]3[C@H](CCCCO)[C@@H](CCCCO)C=C(C(=NOC)C[C@@H]1N(CCOCCO)C(=O)CCC1CCCC1)[C@H]32. The monoisotopic (exact) mass is 816 g/mol. The maximum Gasteiger partial charge on any atom is 0.239 e. The normalized spacial score (nSPS) is 25.4. The first-order chi connectivity index (χ1) is 28.9. The van der Waals surface area contributed by atoms with Crippen molar-refractivity contribution in [3.8, 4) is 17.2 Å². The van der Waals surface area contributed by atoms with E-state index in [-0.39, 0.29) is 69.8 Å². The van der Waals surface area contributed by atoms with Crippen molar-refractivity contribution in [1.82, 2.24) is 4.90 Å². The smallest absolute Gasteiger partial charge is 0.239 e. The van der Waals surface area contributed by atoms with Crippen LogP contribution in [0.1, 0.15) is 105 Å². The number of hydrogen-bond donors (Lipinski definition) is 3. The maximum atomic E-state index is 14.7. The standard InChI is InChI=1S/C47H64N2O10/c1-3-25-57-47-43(49(21-26-56-27-24-52)44(54)20-17-33-11-4-5-12-33)31-41(48-55-2)39-29-35(14-6-8-22-50)38(16-7-9-23-51)45(46(39)47)40-30-37(18-19-42(40)59-47)58-36-15-10-13-34(28-36)32-53/h3,10,13,15,18-19,28-30,32-33,35,38,43,45-46,50-52H,1,4-9,11-12,14,16-17,20-27,31H2,2H3/t35-,38+,43-,45+,46+,47+/m0/s1. The third-order valence-electron chi connectivity index (χ3n) is 12.7. The van der Waals surface area contributed by atoms with Crippen molar-refractivity contribution in [2.75, 3.05) is 53.3 Å². The number of fused-ring (bicyclic) bond motifs is 2. The minimum absolute atomic E-state index is 0.00953. The van der Waals surface area contributed by atoms with E-state index in [1.807, 2.05) is 29.2 Å². The van der Waals surface area contributed by atoms with Crippen LogP contribution < -0.4 is 9.47 Å².